The number of nitrogens with zero attached hydrogens (tertiary/aromatic N) is 1. The van der Waals surface area contributed by atoms with Gasteiger partial charge in [-0.2, -0.15) is 0 Å². The fraction of sp³-hybridized carbons (Fsp3) is 0.0769. The normalized spacial score (nSPS) is 10.1. The number of carbonyl (C=O) groups is 1. The van der Waals surface area contributed by atoms with Crippen LogP contribution < -0.4 is 4.74 Å². The maximum absolute atomic E-state index is 10.9. The van der Waals surface area contributed by atoms with Gasteiger partial charge in [0.05, 0.1) is 10.6 Å². The summed E-state index contributed by atoms with van der Waals surface area (Å²) in [7, 11) is 0. The molecule has 0 aliphatic heterocycles. The summed E-state index contributed by atoms with van der Waals surface area (Å²) in [5.74, 6) is -0.168. The number of pyridine rings is 1. The van der Waals surface area contributed by atoms with Gasteiger partial charge in [-0.1, -0.05) is 17.7 Å². The second kappa shape index (κ2) is 5.06. The quantitative estimate of drug-likeness (QED) is 0.920. The highest BCUT2D eigenvalue weighted by molar-refractivity contribution is 6.30. The molecule has 92 valence electrons. The Morgan fingerprint density at radius 1 is 1.33 bits per heavy atom. The first-order valence-corrected chi connectivity index (χ1v) is 5.57. The average Bonchev–Trinajstić information content (AvgIpc) is 2.34. The third-order valence-corrected chi connectivity index (χ3v) is 2.57. The van der Waals surface area contributed by atoms with E-state index in [2.05, 4.69) is 4.98 Å². The van der Waals surface area contributed by atoms with Gasteiger partial charge in [0.25, 0.3) is 0 Å². The molecule has 0 fully saturated rings. The monoisotopic (exact) mass is 263 g/mol. The van der Waals surface area contributed by atoms with E-state index in [1.54, 1.807) is 18.2 Å². The van der Waals surface area contributed by atoms with Gasteiger partial charge in [-0.15, -0.1) is 0 Å². The first-order valence-electron chi connectivity index (χ1n) is 5.19. The number of carboxylic acid groups (broad SMARTS) is 1. The van der Waals surface area contributed by atoms with Gasteiger partial charge in [-0.25, -0.2) is 9.78 Å². The molecule has 0 bridgehead atoms. The standard InChI is InChI=1S/C13H10ClNO3/c1-8-2-3-9(13(16)17)6-11(8)18-12-5-4-10(14)7-15-12/h2-7H,1H3,(H,16,17). The first kappa shape index (κ1) is 12.4. The molecule has 2 rings (SSSR count). The van der Waals surface area contributed by atoms with Crippen molar-refractivity contribution in [3.05, 3.63) is 52.7 Å². The Morgan fingerprint density at radius 2 is 2.11 bits per heavy atom. The molecule has 0 aliphatic rings. The molecule has 0 saturated carbocycles. The molecule has 1 aromatic heterocycles. The molecule has 0 aliphatic carbocycles. The molecular formula is C13H10ClNO3. The van der Waals surface area contributed by atoms with Gasteiger partial charge >= 0.3 is 5.97 Å². The van der Waals surface area contributed by atoms with Gasteiger partial charge in [-0.05, 0) is 30.7 Å². The number of benzene rings is 1. The lowest BCUT2D eigenvalue weighted by Gasteiger charge is -2.08. The van der Waals surface area contributed by atoms with E-state index in [-0.39, 0.29) is 5.56 Å². The summed E-state index contributed by atoms with van der Waals surface area (Å²) in [6.45, 7) is 1.83. The van der Waals surface area contributed by atoms with E-state index in [1.807, 2.05) is 6.92 Å². The van der Waals surface area contributed by atoms with Crippen molar-refractivity contribution in [1.82, 2.24) is 4.98 Å². The fourth-order valence-electron chi connectivity index (χ4n) is 1.38. The predicted octanol–water partition coefficient (Wildman–Crippen LogP) is 3.53. The Bertz CT molecular complexity index is 581. The summed E-state index contributed by atoms with van der Waals surface area (Å²) in [6, 6.07) is 7.96. The predicted molar refractivity (Wildman–Crippen MR) is 67.5 cm³/mol. The highest BCUT2D eigenvalue weighted by Crippen LogP contribution is 2.25. The van der Waals surface area contributed by atoms with Crippen LogP contribution in [0.3, 0.4) is 0 Å². The fourth-order valence-corrected chi connectivity index (χ4v) is 1.49. The summed E-state index contributed by atoms with van der Waals surface area (Å²) in [4.78, 5) is 14.9. The van der Waals surface area contributed by atoms with Crippen LogP contribution in [0.1, 0.15) is 15.9 Å². The maximum Gasteiger partial charge on any atom is 0.335 e. The van der Waals surface area contributed by atoms with E-state index < -0.39 is 5.97 Å². The highest BCUT2D eigenvalue weighted by Gasteiger charge is 2.08. The second-order valence-electron chi connectivity index (χ2n) is 3.70. The number of halogens is 1. The van der Waals surface area contributed by atoms with Crippen molar-refractivity contribution < 1.29 is 14.6 Å². The molecule has 0 unspecified atom stereocenters. The van der Waals surface area contributed by atoms with Crippen molar-refractivity contribution in [3.63, 3.8) is 0 Å². The Hall–Kier alpha value is -2.07. The van der Waals surface area contributed by atoms with Crippen LogP contribution in [0.5, 0.6) is 11.6 Å². The molecule has 18 heavy (non-hydrogen) atoms. The average molecular weight is 264 g/mol. The van der Waals surface area contributed by atoms with E-state index in [9.17, 15) is 4.79 Å². The number of carboxylic acids is 1. The lowest BCUT2D eigenvalue weighted by Crippen LogP contribution is -1.98. The van der Waals surface area contributed by atoms with Crippen molar-refractivity contribution in [3.8, 4) is 11.6 Å². The van der Waals surface area contributed by atoms with Gasteiger partial charge in [0.2, 0.25) is 5.88 Å². The lowest BCUT2D eigenvalue weighted by atomic mass is 10.1. The van der Waals surface area contributed by atoms with E-state index in [0.29, 0.717) is 16.7 Å². The Morgan fingerprint density at radius 3 is 2.72 bits per heavy atom. The molecule has 1 aromatic carbocycles. The van der Waals surface area contributed by atoms with Crippen LogP contribution in [0.15, 0.2) is 36.5 Å². The zero-order valence-corrected chi connectivity index (χ0v) is 10.3. The van der Waals surface area contributed by atoms with Crippen molar-refractivity contribution >= 4 is 17.6 Å². The van der Waals surface area contributed by atoms with Crippen molar-refractivity contribution in [2.24, 2.45) is 0 Å². The summed E-state index contributed by atoms with van der Waals surface area (Å²) >= 11 is 5.72. The number of hydrogen-bond donors (Lipinski definition) is 1. The largest absolute Gasteiger partial charge is 0.478 e. The zero-order valence-electron chi connectivity index (χ0n) is 9.55. The summed E-state index contributed by atoms with van der Waals surface area (Å²) in [5, 5.41) is 9.43. The molecule has 5 heteroatoms. The van der Waals surface area contributed by atoms with Crippen molar-refractivity contribution in [1.29, 1.82) is 0 Å². The SMILES string of the molecule is Cc1ccc(C(=O)O)cc1Oc1ccc(Cl)cn1. The molecule has 1 N–H and O–H groups in total. The number of hydrogen-bond acceptors (Lipinski definition) is 3. The minimum absolute atomic E-state index is 0.171. The second-order valence-corrected chi connectivity index (χ2v) is 4.14. The minimum Gasteiger partial charge on any atom is -0.478 e. The molecule has 0 atom stereocenters. The topological polar surface area (TPSA) is 59.4 Å². The zero-order chi connectivity index (χ0) is 13.1. The summed E-state index contributed by atoms with van der Waals surface area (Å²) in [6.07, 6.45) is 1.47. The van der Waals surface area contributed by atoms with Crippen LogP contribution in [-0.4, -0.2) is 16.1 Å². The van der Waals surface area contributed by atoms with Crippen LogP contribution in [0.25, 0.3) is 0 Å². The van der Waals surface area contributed by atoms with E-state index >= 15 is 0 Å². The molecule has 0 spiro atoms. The minimum atomic E-state index is -0.996. The number of rotatable bonds is 3. The van der Waals surface area contributed by atoms with Crippen molar-refractivity contribution in [2.75, 3.05) is 0 Å². The Kier molecular flexibility index (Phi) is 3.48. The van der Waals surface area contributed by atoms with E-state index in [1.165, 1.54) is 18.3 Å². The van der Waals surface area contributed by atoms with Crippen LogP contribution in [0.4, 0.5) is 0 Å². The Labute approximate surface area is 109 Å². The molecule has 0 saturated heterocycles. The Balaban J connectivity index is 2.30. The third-order valence-electron chi connectivity index (χ3n) is 2.35. The summed E-state index contributed by atoms with van der Waals surface area (Å²) < 4.78 is 5.52. The maximum atomic E-state index is 10.9. The number of ether oxygens (including phenoxy) is 1. The van der Waals surface area contributed by atoms with Crippen LogP contribution in [-0.2, 0) is 0 Å². The molecule has 0 radical (unpaired) electrons. The van der Waals surface area contributed by atoms with Gasteiger partial charge in [0, 0.05) is 12.3 Å². The van der Waals surface area contributed by atoms with E-state index in [4.69, 9.17) is 21.4 Å². The molecule has 4 nitrogen and oxygen atoms in total. The molecule has 1 heterocycles. The van der Waals surface area contributed by atoms with Gasteiger partial charge < -0.3 is 9.84 Å². The van der Waals surface area contributed by atoms with Crippen LogP contribution in [0.2, 0.25) is 5.02 Å². The lowest BCUT2D eigenvalue weighted by molar-refractivity contribution is 0.0696. The first-order chi connectivity index (χ1) is 8.56. The number of aryl methyl sites for hydroxylation is 1. The van der Waals surface area contributed by atoms with Crippen LogP contribution in [0, 0.1) is 6.92 Å². The molecular weight excluding hydrogens is 254 g/mol. The molecule has 0 amide bonds. The van der Waals surface area contributed by atoms with E-state index in [0.717, 1.165) is 5.56 Å². The number of aromatic carboxylic acids is 1. The van der Waals surface area contributed by atoms with Gasteiger partial charge in [0.1, 0.15) is 5.75 Å². The molecule has 2 aromatic rings. The smallest absolute Gasteiger partial charge is 0.335 e. The highest BCUT2D eigenvalue weighted by atomic mass is 35.5. The third kappa shape index (κ3) is 2.78. The van der Waals surface area contributed by atoms with Gasteiger partial charge in [-0.3, -0.25) is 0 Å². The summed E-state index contributed by atoms with van der Waals surface area (Å²) in [5.41, 5.74) is 1.00. The van der Waals surface area contributed by atoms with Crippen molar-refractivity contribution in [2.45, 2.75) is 6.92 Å². The van der Waals surface area contributed by atoms with Crippen LogP contribution >= 0.6 is 11.6 Å². The number of aromatic nitrogens is 1. The van der Waals surface area contributed by atoms with Gasteiger partial charge in [0.15, 0.2) is 0 Å².